The molecule has 0 aliphatic carbocycles. The first-order chi connectivity index (χ1) is 9.63. The van der Waals surface area contributed by atoms with Gasteiger partial charge in [0.2, 0.25) is 5.91 Å². The molecule has 1 saturated heterocycles. The van der Waals surface area contributed by atoms with Crippen LogP contribution in [0.2, 0.25) is 0 Å². The fraction of sp³-hybridized carbons (Fsp3) is 0.588. The molecule has 110 valence electrons. The normalized spacial score (nSPS) is 20.4. The minimum Gasteiger partial charge on any atom is -0.319 e. The van der Waals surface area contributed by atoms with Crippen LogP contribution >= 0.6 is 0 Å². The maximum Gasteiger partial charge on any atom is 0.238 e. The van der Waals surface area contributed by atoms with Gasteiger partial charge < -0.3 is 4.90 Å². The summed E-state index contributed by atoms with van der Waals surface area (Å²) in [5.74, 6) is 0.223. The van der Waals surface area contributed by atoms with Crippen LogP contribution in [0.5, 0.6) is 0 Å². The zero-order valence-electron chi connectivity index (χ0n) is 12.9. The smallest absolute Gasteiger partial charge is 0.238 e. The lowest BCUT2D eigenvalue weighted by molar-refractivity contribution is -0.130. The molecular formula is C17H26N2O. The minimum absolute atomic E-state index is 0.0408. The Morgan fingerprint density at radius 3 is 2.90 bits per heavy atom. The van der Waals surface area contributed by atoms with Crippen LogP contribution in [0.4, 0.5) is 0 Å². The molecule has 0 radical (unpaired) electrons. The number of benzene rings is 1. The van der Waals surface area contributed by atoms with Gasteiger partial charge in [-0.2, -0.15) is 0 Å². The standard InChI is InChI=1S/C17H26N2O/c1-4-5-6-9-14(3)19-16(20)12-18-17(19)15-10-7-8-13(2)11-15/h7-8,10-11,14,17-18H,4-6,9,12H2,1-3H3. The zero-order chi connectivity index (χ0) is 14.5. The highest BCUT2D eigenvalue weighted by Gasteiger charge is 2.34. The van der Waals surface area contributed by atoms with Gasteiger partial charge in [0, 0.05) is 6.04 Å². The molecule has 1 aliphatic rings. The van der Waals surface area contributed by atoms with Crippen LogP contribution in [0.3, 0.4) is 0 Å². The van der Waals surface area contributed by atoms with Crippen LogP contribution in [0.25, 0.3) is 0 Å². The van der Waals surface area contributed by atoms with Gasteiger partial charge in [0.05, 0.1) is 6.54 Å². The van der Waals surface area contributed by atoms with Crippen molar-refractivity contribution < 1.29 is 4.79 Å². The Bertz CT molecular complexity index is 458. The molecule has 1 heterocycles. The van der Waals surface area contributed by atoms with E-state index < -0.39 is 0 Å². The van der Waals surface area contributed by atoms with Gasteiger partial charge in [0.15, 0.2) is 0 Å². The van der Waals surface area contributed by atoms with E-state index in [-0.39, 0.29) is 12.1 Å². The lowest BCUT2D eigenvalue weighted by Gasteiger charge is -2.31. The van der Waals surface area contributed by atoms with E-state index in [4.69, 9.17) is 0 Å². The summed E-state index contributed by atoms with van der Waals surface area (Å²) in [6.45, 7) is 6.93. The number of hydrogen-bond donors (Lipinski definition) is 1. The van der Waals surface area contributed by atoms with Crippen molar-refractivity contribution in [3.05, 3.63) is 35.4 Å². The molecule has 1 aromatic carbocycles. The fourth-order valence-electron chi connectivity index (χ4n) is 2.97. The molecule has 1 amide bonds. The molecule has 2 atom stereocenters. The van der Waals surface area contributed by atoms with Crippen molar-refractivity contribution in [2.45, 2.75) is 58.7 Å². The Labute approximate surface area is 122 Å². The third-order valence-electron chi connectivity index (χ3n) is 4.07. The van der Waals surface area contributed by atoms with E-state index in [2.05, 4.69) is 50.4 Å². The summed E-state index contributed by atoms with van der Waals surface area (Å²) in [6.07, 6.45) is 4.79. The predicted octanol–water partition coefficient (Wildman–Crippen LogP) is 3.39. The highest BCUT2D eigenvalue weighted by atomic mass is 16.2. The van der Waals surface area contributed by atoms with Crippen molar-refractivity contribution in [3.8, 4) is 0 Å². The molecule has 0 saturated carbocycles. The Morgan fingerprint density at radius 2 is 2.20 bits per heavy atom. The van der Waals surface area contributed by atoms with E-state index in [9.17, 15) is 4.79 Å². The van der Waals surface area contributed by atoms with Gasteiger partial charge in [0.1, 0.15) is 6.17 Å². The number of nitrogens with zero attached hydrogens (tertiary/aromatic N) is 1. The summed E-state index contributed by atoms with van der Waals surface area (Å²) in [7, 11) is 0. The third-order valence-corrected chi connectivity index (χ3v) is 4.07. The Hall–Kier alpha value is -1.35. The Balaban J connectivity index is 2.10. The molecule has 3 heteroatoms. The monoisotopic (exact) mass is 274 g/mol. The summed E-state index contributed by atoms with van der Waals surface area (Å²) in [4.78, 5) is 14.2. The van der Waals surface area contributed by atoms with Crippen LogP contribution in [0, 0.1) is 6.92 Å². The van der Waals surface area contributed by atoms with Crippen LogP contribution in [0.15, 0.2) is 24.3 Å². The quantitative estimate of drug-likeness (QED) is 0.806. The lowest BCUT2D eigenvalue weighted by Crippen LogP contribution is -2.37. The first-order valence-corrected chi connectivity index (χ1v) is 7.74. The molecule has 2 unspecified atom stereocenters. The number of rotatable bonds is 6. The molecule has 2 rings (SSSR count). The van der Waals surface area contributed by atoms with Gasteiger partial charge in [-0.3, -0.25) is 10.1 Å². The SMILES string of the molecule is CCCCCC(C)N1C(=O)CNC1c1cccc(C)c1. The molecular weight excluding hydrogens is 248 g/mol. The average Bonchev–Trinajstić information content (AvgIpc) is 2.81. The maximum absolute atomic E-state index is 12.2. The fourth-order valence-corrected chi connectivity index (χ4v) is 2.97. The van der Waals surface area contributed by atoms with Crippen molar-refractivity contribution in [1.82, 2.24) is 10.2 Å². The van der Waals surface area contributed by atoms with Gasteiger partial charge in [-0.15, -0.1) is 0 Å². The second kappa shape index (κ2) is 6.89. The minimum atomic E-state index is 0.0408. The molecule has 3 nitrogen and oxygen atoms in total. The molecule has 1 aliphatic heterocycles. The highest BCUT2D eigenvalue weighted by molar-refractivity contribution is 5.81. The van der Waals surface area contributed by atoms with Crippen LogP contribution < -0.4 is 5.32 Å². The molecule has 20 heavy (non-hydrogen) atoms. The molecule has 0 aromatic heterocycles. The molecule has 1 aromatic rings. The second-order valence-electron chi connectivity index (χ2n) is 5.84. The van der Waals surface area contributed by atoms with Gasteiger partial charge in [0.25, 0.3) is 0 Å². The number of carbonyl (C=O) groups excluding carboxylic acids is 1. The van der Waals surface area contributed by atoms with Crippen LogP contribution in [-0.4, -0.2) is 23.4 Å². The highest BCUT2D eigenvalue weighted by Crippen LogP contribution is 2.27. The molecule has 0 bridgehead atoms. The van der Waals surface area contributed by atoms with Crippen molar-refractivity contribution in [3.63, 3.8) is 0 Å². The van der Waals surface area contributed by atoms with Gasteiger partial charge in [-0.25, -0.2) is 0 Å². The van der Waals surface area contributed by atoms with Crippen molar-refractivity contribution in [2.75, 3.05) is 6.54 Å². The summed E-state index contributed by atoms with van der Waals surface area (Å²) in [5.41, 5.74) is 2.43. The summed E-state index contributed by atoms with van der Waals surface area (Å²) in [6, 6.07) is 8.73. The number of aryl methyl sites for hydroxylation is 1. The first-order valence-electron chi connectivity index (χ1n) is 7.74. The Kier molecular flexibility index (Phi) is 5.18. The summed E-state index contributed by atoms with van der Waals surface area (Å²) in [5, 5.41) is 3.35. The summed E-state index contributed by atoms with van der Waals surface area (Å²) < 4.78 is 0. The van der Waals surface area contributed by atoms with Gasteiger partial charge in [-0.05, 0) is 25.8 Å². The number of hydrogen-bond acceptors (Lipinski definition) is 2. The van der Waals surface area contributed by atoms with Crippen LogP contribution in [-0.2, 0) is 4.79 Å². The maximum atomic E-state index is 12.2. The number of amides is 1. The van der Waals surface area contributed by atoms with E-state index in [0.717, 1.165) is 6.42 Å². The number of unbranched alkanes of at least 4 members (excludes halogenated alkanes) is 2. The van der Waals surface area contributed by atoms with Crippen molar-refractivity contribution >= 4 is 5.91 Å². The van der Waals surface area contributed by atoms with Crippen molar-refractivity contribution in [2.24, 2.45) is 0 Å². The van der Waals surface area contributed by atoms with E-state index in [1.54, 1.807) is 0 Å². The predicted molar refractivity (Wildman–Crippen MR) is 82.4 cm³/mol. The molecule has 0 spiro atoms. The second-order valence-corrected chi connectivity index (χ2v) is 5.84. The van der Waals surface area contributed by atoms with Crippen molar-refractivity contribution in [1.29, 1.82) is 0 Å². The van der Waals surface area contributed by atoms with E-state index in [1.165, 1.54) is 30.4 Å². The Morgan fingerprint density at radius 1 is 1.40 bits per heavy atom. The topological polar surface area (TPSA) is 32.3 Å². The number of carbonyl (C=O) groups is 1. The van der Waals surface area contributed by atoms with E-state index >= 15 is 0 Å². The largest absolute Gasteiger partial charge is 0.319 e. The number of nitrogens with one attached hydrogen (secondary N) is 1. The van der Waals surface area contributed by atoms with Gasteiger partial charge in [-0.1, -0.05) is 56.0 Å². The zero-order valence-corrected chi connectivity index (χ0v) is 12.9. The lowest BCUT2D eigenvalue weighted by atomic mass is 10.1. The van der Waals surface area contributed by atoms with E-state index in [0.29, 0.717) is 12.6 Å². The van der Waals surface area contributed by atoms with Crippen LogP contribution in [0.1, 0.15) is 56.8 Å². The molecule has 1 N–H and O–H groups in total. The first kappa shape index (κ1) is 15.0. The third kappa shape index (κ3) is 3.40. The van der Waals surface area contributed by atoms with E-state index in [1.807, 2.05) is 4.90 Å². The molecule has 1 fully saturated rings. The summed E-state index contributed by atoms with van der Waals surface area (Å²) >= 11 is 0. The average molecular weight is 274 g/mol. The van der Waals surface area contributed by atoms with Gasteiger partial charge >= 0.3 is 0 Å².